The van der Waals surface area contributed by atoms with Gasteiger partial charge < -0.3 is 71.0 Å². The van der Waals surface area contributed by atoms with Gasteiger partial charge >= 0.3 is 42.4 Å². The first-order valence-electron chi connectivity index (χ1n) is 22.6. The number of phosphoric acid groups is 4. The first-order valence-corrected chi connectivity index (χ1v) is 29.5. The minimum atomic E-state index is -6.36. The maximum Gasteiger partial charge on any atom is 0.490 e. The first-order chi connectivity index (χ1) is 37.7. The summed E-state index contributed by atoms with van der Waals surface area (Å²) >= 11 is -0.631. The van der Waals surface area contributed by atoms with Gasteiger partial charge in [0.1, 0.15) is 42.7 Å². The summed E-state index contributed by atoms with van der Waals surface area (Å²) in [7, 11) is -21.7. The van der Waals surface area contributed by atoms with E-state index in [9.17, 15) is 80.7 Å². The lowest BCUT2D eigenvalue weighted by molar-refractivity contribution is -0.646. The molecule has 0 spiro atoms. The minimum absolute atomic E-state index is 0.128. The number of aromatic amines is 3. The number of nitrogens with one attached hydrogen (secondary N) is 3. The average molecular weight is 1260 g/mol. The van der Waals surface area contributed by atoms with Crippen molar-refractivity contribution in [1.82, 2.24) is 53.6 Å². The Kier molecular flexibility index (Phi) is 16.7. The van der Waals surface area contributed by atoms with Crippen molar-refractivity contribution in [2.45, 2.75) is 73.0 Å². The smallest absolute Gasteiger partial charge is 0.387 e. The van der Waals surface area contributed by atoms with Crippen LogP contribution < -0.4 is 38.4 Å². The highest BCUT2D eigenvalue weighted by Gasteiger charge is 2.54. The van der Waals surface area contributed by atoms with E-state index in [1.165, 1.54) is 17.9 Å². The fourth-order valence-electron chi connectivity index (χ4n) is 8.85. The Morgan fingerprint density at radius 1 is 0.654 bits per heavy atom. The molecule has 81 heavy (non-hydrogen) atoms. The zero-order valence-electron chi connectivity index (χ0n) is 40.6. The van der Waals surface area contributed by atoms with Crippen molar-refractivity contribution in [3.8, 4) is 0 Å². The fraction of sp³-hybridized carbons (Fsp3) is 0.559. The summed E-state index contributed by atoms with van der Waals surface area (Å²) in [6.07, 6.45) is -16.4. The molecule has 0 amide bonds. The number of aliphatic hydroxyl groups is 3. The Bertz CT molecular complexity index is 3760. The van der Waals surface area contributed by atoms with Gasteiger partial charge in [-0.25, -0.2) is 32.8 Å². The first kappa shape index (κ1) is 60.4. The number of nitrogen functional groups attached to an aromatic ring is 3. The Labute approximate surface area is 449 Å². The number of hydrogen-bond donors (Lipinski definition) is 13. The molecular formula is C34H45F3N15O24P4S+. The van der Waals surface area contributed by atoms with E-state index in [-0.39, 0.29) is 39.4 Å². The van der Waals surface area contributed by atoms with Gasteiger partial charge in [0.2, 0.25) is 30.4 Å². The van der Waals surface area contributed by atoms with Gasteiger partial charge in [-0.1, -0.05) is 11.8 Å². The number of H-pyrrole nitrogens is 3. The number of anilines is 3. The topological polar surface area (TPSA) is 562 Å². The van der Waals surface area contributed by atoms with Crippen LogP contribution in [0, 0.1) is 5.92 Å². The van der Waals surface area contributed by atoms with Gasteiger partial charge in [-0.05, 0) is 0 Å². The molecule has 16 N–H and O–H groups in total. The predicted molar refractivity (Wildman–Crippen MR) is 258 cm³/mol. The van der Waals surface area contributed by atoms with Crippen molar-refractivity contribution in [2.75, 3.05) is 49.9 Å². The van der Waals surface area contributed by atoms with E-state index in [0.717, 1.165) is 33.5 Å². The van der Waals surface area contributed by atoms with Crippen LogP contribution in [0.15, 0.2) is 33.4 Å². The summed E-state index contributed by atoms with van der Waals surface area (Å²) < 4.78 is 149. The Balaban J connectivity index is 0.885. The molecule has 0 aromatic carbocycles. The number of hydrogen-bond acceptors (Lipinski definition) is 29. The molecule has 3 fully saturated rings. The summed E-state index contributed by atoms with van der Waals surface area (Å²) in [6, 6.07) is 0. The van der Waals surface area contributed by atoms with Crippen molar-refractivity contribution < 1.29 is 117 Å². The largest absolute Gasteiger partial charge is 0.490 e. The van der Waals surface area contributed by atoms with Crippen LogP contribution in [-0.4, -0.2) is 175 Å². The van der Waals surface area contributed by atoms with Gasteiger partial charge in [-0.3, -0.25) is 56.6 Å². The van der Waals surface area contributed by atoms with E-state index < -0.39 is 176 Å². The van der Waals surface area contributed by atoms with Crippen LogP contribution in [-0.2, 0) is 71.0 Å². The van der Waals surface area contributed by atoms with Crippen LogP contribution >= 0.6 is 43.1 Å². The molecule has 5 unspecified atom stereocenters. The number of alkyl halides is 3. The lowest BCUT2D eigenvalue weighted by Crippen LogP contribution is -2.38. The van der Waals surface area contributed by atoms with E-state index >= 15 is 0 Å². The number of halogens is 3. The predicted octanol–water partition coefficient (Wildman–Crippen LogP) is -2.91. The highest BCUT2D eigenvalue weighted by molar-refractivity contribution is 8.00. The summed E-state index contributed by atoms with van der Waals surface area (Å²) in [5, 5.41) is 33.0. The van der Waals surface area contributed by atoms with Crippen LogP contribution in [0.5, 0.6) is 0 Å². The highest BCUT2D eigenvalue weighted by atomic mass is 32.2. The number of phosphoric ester groups is 3. The second kappa shape index (κ2) is 22.4. The number of ether oxygens (including phenoxy) is 4. The lowest BCUT2D eigenvalue weighted by Gasteiger charge is -2.26. The summed E-state index contributed by atoms with van der Waals surface area (Å²) in [4.78, 5) is 107. The molecule has 0 saturated carbocycles. The summed E-state index contributed by atoms with van der Waals surface area (Å²) in [6.45, 7) is -3.72. The Morgan fingerprint density at radius 2 is 1.12 bits per heavy atom. The molecule has 0 radical (unpaired) electrons. The Hall–Kier alpha value is -5.17. The quantitative estimate of drug-likeness (QED) is 0.0254. The van der Waals surface area contributed by atoms with Gasteiger partial charge in [-0.15, -0.1) is 0 Å². The van der Waals surface area contributed by atoms with Crippen molar-refractivity contribution >= 4 is 94.4 Å². The van der Waals surface area contributed by atoms with Crippen LogP contribution in [0.2, 0.25) is 0 Å². The number of fused-ring (bicyclic) bond motifs is 3. The highest BCUT2D eigenvalue weighted by Crippen LogP contribution is 2.68. The molecule has 6 aromatic rings. The van der Waals surface area contributed by atoms with E-state index in [4.69, 9.17) is 54.2 Å². The fourth-order valence-corrected chi connectivity index (χ4v) is 14.1. The normalized spacial score (nSPS) is 29.3. The Morgan fingerprint density at radius 3 is 1.68 bits per heavy atom. The van der Waals surface area contributed by atoms with Crippen LogP contribution in [0.25, 0.3) is 33.5 Å². The van der Waals surface area contributed by atoms with Crippen LogP contribution in [0.1, 0.15) is 18.7 Å². The minimum Gasteiger partial charge on any atom is -0.387 e. The van der Waals surface area contributed by atoms with Crippen molar-refractivity contribution in [3.63, 3.8) is 0 Å². The molecule has 446 valence electrons. The van der Waals surface area contributed by atoms with Crippen molar-refractivity contribution in [2.24, 2.45) is 13.0 Å². The summed E-state index contributed by atoms with van der Waals surface area (Å²) in [5.41, 5.74) is 8.40. The molecule has 3 saturated heterocycles. The number of thioether (sulfide) groups is 1. The number of imidazole rings is 3. The van der Waals surface area contributed by atoms with Crippen molar-refractivity contribution in [1.29, 1.82) is 0 Å². The van der Waals surface area contributed by atoms with Crippen LogP contribution in [0.3, 0.4) is 0 Å². The maximum absolute atomic E-state index is 13.7. The molecule has 39 nitrogen and oxygen atoms in total. The third-order valence-electron chi connectivity index (χ3n) is 12.2. The molecular weight excluding hydrogens is 1220 g/mol. The van der Waals surface area contributed by atoms with Crippen LogP contribution in [0.4, 0.5) is 31.0 Å². The zero-order valence-corrected chi connectivity index (χ0v) is 45.0. The van der Waals surface area contributed by atoms with Crippen molar-refractivity contribution in [3.05, 3.63) is 50.0 Å². The summed E-state index contributed by atoms with van der Waals surface area (Å²) in [5.74, 6) is -3.78. The molecule has 3 aliphatic heterocycles. The second-order valence-electron chi connectivity index (χ2n) is 17.6. The average Bonchev–Trinajstić information content (AvgIpc) is 4.41. The maximum atomic E-state index is 13.7. The van der Waals surface area contributed by atoms with E-state index in [0.29, 0.717) is 0 Å². The molecule has 16 atom stereocenters. The molecule has 47 heteroatoms. The lowest BCUT2D eigenvalue weighted by atomic mass is 10.0. The molecule has 0 bridgehead atoms. The number of aromatic nitrogens is 12. The standard InChI is InChI=1S/C34H44F3N15O24P4S/c1-49-9-52(24-16(49)27(58)48-33(40)45-24)28-17(53)10(6-81-34(35,36)37)11(71-28)3-69-78(61,62)75-80(65,66)76-79(63,64)70-5-13-20(21(67-2)30(73-13)51-8-42-15-23(51)44-32(39)47-26(15)57)74-77(59,60)68-4-12-18(54)19(55)29(72-12)50-7-41-14-22(50)43-31(38)46-25(14)56/h7-13,17-21,28-30,53-55H,3-6H2,1-2H3,(H12-,38,39,40,43,44,45,46,47,48,56,57,58,59,60,61,62,63,64,65,66)/p+1/t10-,11-,12-,13-,17-,18-,19-,20-,21-,28?,29-,30-/m1/s1. The van der Waals surface area contributed by atoms with Gasteiger partial charge in [0, 0.05) is 18.8 Å². The number of methoxy groups -OCH3 is 1. The number of aliphatic hydroxyl groups excluding tert-OH is 3. The number of nitrogens with two attached hydrogens (primary N) is 3. The molecule has 3 aliphatic rings. The monoisotopic (exact) mass is 1260 g/mol. The van der Waals surface area contributed by atoms with E-state index in [1.807, 2.05) is 0 Å². The number of nitrogens with zero attached hydrogens (tertiary/aromatic N) is 9. The second-order valence-corrected chi connectivity index (χ2v) is 24.7. The van der Waals surface area contributed by atoms with E-state index in [1.54, 1.807) is 0 Å². The third-order valence-corrected chi connectivity index (χ3v) is 18.4. The SMILES string of the molecule is CO[C@@H]1[C@H](OP(=O)(O)OC[C@H]2O[C@@H](n3cnc4c(=O)[nH]c(N)nc43)[C@H](O)[C@@H]2O)[C@@H](COP(=O)(O)OP(=O)(O)OP(=O)(O)OC[C@H]2OC(n3c[n+](C)c4c(=O)[nH]c(N)nc43)[C@H](O)[C@@H]2CSC(F)(F)F)O[C@H]1n1cnc2c(=O)[nH]c(N)nc21. The van der Waals surface area contributed by atoms with Gasteiger partial charge in [-0.2, -0.15) is 41.3 Å². The number of rotatable bonds is 21. The molecule has 6 aromatic heterocycles. The molecule has 0 aliphatic carbocycles. The molecule has 9 heterocycles. The zero-order chi connectivity index (χ0) is 59.1. The third kappa shape index (κ3) is 12.8. The van der Waals surface area contributed by atoms with Gasteiger partial charge in [0.05, 0.1) is 45.6 Å². The van der Waals surface area contributed by atoms with Gasteiger partial charge in [0.25, 0.3) is 22.3 Å². The van der Waals surface area contributed by atoms with Gasteiger partial charge in [0.15, 0.2) is 34.8 Å². The number of aryl methyl sites for hydroxylation is 1. The molecule has 9 rings (SSSR count). The van der Waals surface area contributed by atoms with E-state index in [2.05, 4.69) is 48.5 Å².